The number of hydrogen-bond acceptors (Lipinski definition) is 2. The average Bonchev–Trinajstić information content (AvgIpc) is 2.76. The maximum Gasteiger partial charge on any atom is 0.0553 e. The van der Waals surface area contributed by atoms with Gasteiger partial charge in [0.15, 0.2) is 0 Å². The second-order valence-corrected chi connectivity index (χ2v) is 4.18. The highest BCUT2D eigenvalue weighted by Gasteiger charge is 2.13. The Morgan fingerprint density at radius 2 is 2.12 bits per heavy atom. The molecule has 1 atom stereocenters. The van der Waals surface area contributed by atoms with Crippen LogP contribution < -0.4 is 5.32 Å². The molecule has 0 amide bonds. The van der Waals surface area contributed by atoms with Crippen molar-refractivity contribution in [2.75, 3.05) is 6.54 Å². The summed E-state index contributed by atoms with van der Waals surface area (Å²) in [4.78, 5) is 0. The highest BCUT2D eigenvalue weighted by atomic mass is 15.3. The van der Waals surface area contributed by atoms with Crippen molar-refractivity contribution in [3.05, 3.63) is 18.0 Å². The predicted molar refractivity (Wildman–Crippen MR) is 68.5 cm³/mol. The molecule has 92 valence electrons. The van der Waals surface area contributed by atoms with Crippen molar-refractivity contribution < 1.29 is 0 Å². The fourth-order valence-electron chi connectivity index (χ4n) is 2.10. The predicted octanol–water partition coefficient (Wildman–Crippen LogP) is 3.13. The third-order valence-corrected chi connectivity index (χ3v) is 2.95. The van der Waals surface area contributed by atoms with Crippen LogP contribution in [0.1, 0.15) is 58.2 Å². The van der Waals surface area contributed by atoms with Gasteiger partial charge in [0, 0.05) is 18.8 Å². The number of unbranched alkanes of at least 4 members (excludes halogenated alkanes) is 2. The van der Waals surface area contributed by atoms with E-state index >= 15 is 0 Å². The van der Waals surface area contributed by atoms with Crippen LogP contribution in [0.25, 0.3) is 0 Å². The molecule has 0 spiro atoms. The van der Waals surface area contributed by atoms with Crippen LogP contribution in [0.5, 0.6) is 0 Å². The molecule has 0 saturated carbocycles. The summed E-state index contributed by atoms with van der Waals surface area (Å²) in [5.74, 6) is 0. The minimum atomic E-state index is 0.471. The van der Waals surface area contributed by atoms with Crippen LogP contribution in [0.3, 0.4) is 0 Å². The van der Waals surface area contributed by atoms with Crippen molar-refractivity contribution in [3.63, 3.8) is 0 Å². The van der Waals surface area contributed by atoms with Crippen molar-refractivity contribution >= 4 is 0 Å². The Balaban J connectivity index is 2.61. The zero-order valence-corrected chi connectivity index (χ0v) is 10.9. The molecule has 1 N–H and O–H groups in total. The van der Waals surface area contributed by atoms with Gasteiger partial charge < -0.3 is 5.32 Å². The molecular formula is C13H25N3. The van der Waals surface area contributed by atoms with Gasteiger partial charge in [-0.05, 0) is 26.0 Å². The van der Waals surface area contributed by atoms with E-state index in [0.29, 0.717) is 6.04 Å². The summed E-state index contributed by atoms with van der Waals surface area (Å²) in [6.07, 6.45) is 7.02. The number of nitrogens with one attached hydrogen (secondary N) is 1. The summed E-state index contributed by atoms with van der Waals surface area (Å²) >= 11 is 0. The number of rotatable bonds is 8. The van der Waals surface area contributed by atoms with Gasteiger partial charge in [0.25, 0.3) is 0 Å². The van der Waals surface area contributed by atoms with Gasteiger partial charge in [-0.25, -0.2) is 0 Å². The molecule has 0 aliphatic heterocycles. The average molecular weight is 223 g/mol. The van der Waals surface area contributed by atoms with Crippen molar-refractivity contribution in [1.29, 1.82) is 0 Å². The second kappa shape index (κ2) is 7.44. The molecule has 3 heteroatoms. The number of aromatic nitrogens is 2. The Morgan fingerprint density at radius 1 is 1.31 bits per heavy atom. The maximum absolute atomic E-state index is 4.34. The van der Waals surface area contributed by atoms with E-state index in [4.69, 9.17) is 0 Å². The second-order valence-electron chi connectivity index (χ2n) is 4.18. The van der Waals surface area contributed by atoms with Crippen LogP contribution in [0.4, 0.5) is 0 Å². The first-order valence-corrected chi connectivity index (χ1v) is 6.58. The number of hydrogen-bond donors (Lipinski definition) is 1. The van der Waals surface area contributed by atoms with E-state index in [0.717, 1.165) is 13.1 Å². The lowest BCUT2D eigenvalue weighted by Gasteiger charge is -2.18. The SMILES string of the molecule is CCCCCC(NCC)c1ccnn1CC. The topological polar surface area (TPSA) is 29.9 Å². The van der Waals surface area contributed by atoms with E-state index in [1.807, 2.05) is 6.20 Å². The normalized spacial score (nSPS) is 12.9. The molecule has 1 aromatic heterocycles. The Hall–Kier alpha value is -0.830. The summed E-state index contributed by atoms with van der Waals surface area (Å²) < 4.78 is 2.10. The van der Waals surface area contributed by atoms with Gasteiger partial charge in [0.05, 0.1) is 5.69 Å². The third kappa shape index (κ3) is 3.63. The lowest BCUT2D eigenvalue weighted by atomic mass is 10.1. The van der Waals surface area contributed by atoms with Gasteiger partial charge in [-0.2, -0.15) is 5.10 Å². The maximum atomic E-state index is 4.34. The summed E-state index contributed by atoms with van der Waals surface area (Å²) in [7, 11) is 0. The van der Waals surface area contributed by atoms with Crippen LogP contribution in [0.2, 0.25) is 0 Å². The van der Waals surface area contributed by atoms with Crippen molar-refractivity contribution in [3.8, 4) is 0 Å². The van der Waals surface area contributed by atoms with E-state index in [1.165, 1.54) is 31.4 Å². The smallest absolute Gasteiger partial charge is 0.0553 e. The molecule has 0 bridgehead atoms. The molecule has 0 radical (unpaired) electrons. The molecular weight excluding hydrogens is 198 g/mol. The van der Waals surface area contributed by atoms with Crippen LogP contribution in [0.15, 0.2) is 12.3 Å². The first-order valence-electron chi connectivity index (χ1n) is 6.58. The first kappa shape index (κ1) is 13.2. The number of nitrogens with zero attached hydrogens (tertiary/aromatic N) is 2. The Bertz CT molecular complexity index is 280. The summed E-state index contributed by atoms with van der Waals surface area (Å²) in [5.41, 5.74) is 1.33. The fraction of sp³-hybridized carbons (Fsp3) is 0.769. The highest BCUT2D eigenvalue weighted by molar-refractivity contribution is 5.06. The number of aryl methyl sites for hydroxylation is 1. The van der Waals surface area contributed by atoms with Crippen molar-refractivity contribution in [2.24, 2.45) is 0 Å². The molecule has 1 rings (SSSR count). The zero-order chi connectivity index (χ0) is 11.8. The lowest BCUT2D eigenvalue weighted by molar-refractivity contribution is 0.448. The summed E-state index contributed by atoms with van der Waals surface area (Å²) in [6, 6.07) is 2.61. The molecule has 1 unspecified atom stereocenters. The van der Waals surface area contributed by atoms with Gasteiger partial charge in [0.2, 0.25) is 0 Å². The zero-order valence-electron chi connectivity index (χ0n) is 10.9. The Labute approximate surface area is 99.2 Å². The Kier molecular flexibility index (Phi) is 6.16. The molecule has 3 nitrogen and oxygen atoms in total. The molecule has 16 heavy (non-hydrogen) atoms. The molecule has 1 aromatic rings. The molecule has 1 heterocycles. The lowest BCUT2D eigenvalue weighted by Crippen LogP contribution is -2.23. The van der Waals surface area contributed by atoms with Crippen LogP contribution in [0, 0.1) is 0 Å². The first-order chi connectivity index (χ1) is 7.83. The monoisotopic (exact) mass is 223 g/mol. The van der Waals surface area contributed by atoms with Crippen molar-refractivity contribution in [1.82, 2.24) is 15.1 Å². The summed E-state index contributed by atoms with van der Waals surface area (Å²) in [5, 5.41) is 7.90. The minimum Gasteiger partial charge on any atom is -0.309 e. The van der Waals surface area contributed by atoms with Crippen LogP contribution in [-0.2, 0) is 6.54 Å². The molecule has 0 saturated heterocycles. The van der Waals surface area contributed by atoms with E-state index in [2.05, 4.69) is 41.9 Å². The third-order valence-electron chi connectivity index (χ3n) is 2.95. The largest absolute Gasteiger partial charge is 0.309 e. The van der Waals surface area contributed by atoms with Crippen LogP contribution >= 0.6 is 0 Å². The van der Waals surface area contributed by atoms with Crippen LogP contribution in [-0.4, -0.2) is 16.3 Å². The van der Waals surface area contributed by atoms with E-state index in [1.54, 1.807) is 0 Å². The van der Waals surface area contributed by atoms with Gasteiger partial charge >= 0.3 is 0 Å². The van der Waals surface area contributed by atoms with Gasteiger partial charge in [-0.15, -0.1) is 0 Å². The Morgan fingerprint density at radius 3 is 2.75 bits per heavy atom. The van der Waals surface area contributed by atoms with E-state index in [9.17, 15) is 0 Å². The molecule has 0 aromatic carbocycles. The van der Waals surface area contributed by atoms with Crippen molar-refractivity contribution in [2.45, 2.75) is 59.0 Å². The molecule has 0 aliphatic rings. The molecule has 0 fully saturated rings. The highest BCUT2D eigenvalue weighted by Crippen LogP contribution is 2.19. The van der Waals surface area contributed by atoms with Gasteiger partial charge in [-0.1, -0.05) is 33.1 Å². The summed E-state index contributed by atoms with van der Waals surface area (Å²) in [6.45, 7) is 8.53. The van der Waals surface area contributed by atoms with E-state index < -0.39 is 0 Å². The van der Waals surface area contributed by atoms with Gasteiger partial charge in [-0.3, -0.25) is 4.68 Å². The molecule has 0 aliphatic carbocycles. The minimum absolute atomic E-state index is 0.471. The standard InChI is InChI=1S/C13H25N3/c1-4-7-8-9-12(14-5-2)13-10-11-15-16(13)6-3/h10-12,14H,4-9H2,1-3H3. The fourth-order valence-corrected chi connectivity index (χ4v) is 2.10. The van der Waals surface area contributed by atoms with Gasteiger partial charge in [0.1, 0.15) is 0 Å². The quantitative estimate of drug-likeness (QED) is 0.686. The van der Waals surface area contributed by atoms with E-state index in [-0.39, 0.29) is 0 Å².